The van der Waals surface area contributed by atoms with Gasteiger partial charge in [-0.1, -0.05) is 13.8 Å². The lowest BCUT2D eigenvalue weighted by molar-refractivity contribution is -0.117. The lowest BCUT2D eigenvalue weighted by Crippen LogP contribution is -2.34. The minimum atomic E-state index is -3.53. The number of amides is 1. The van der Waals surface area contributed by atoms with Crippen molar-refractivity contribution in [3.63, 3.8) is 0 Å². The lowest BCUT2D eigenvalue weighted by Gasteiger charge is -2.23. The fourth-order valence-electron chi connectivity index (χ4n) is 3.79. The summed E-state index contributed by atoms with van der Waals surface area (Å²) in [6, 6.07) is 12.3. The van der Waals surface area contributed by atoms with Crippen molar-refractivity contribution in [1.82, 2.24) is 9.21 Å². The van der Waals surface area contributed by atoms with Crippen molar-refractivity contribution in [3.8, 4) is 11.5 Å². The van der Waals surface area contributed by atoms with Crippen molar-refractivity contribution < 1.29 is 22.7 Å². The molecule has 0 unspecified atom stereocenters. The molecule has 1 fully saturated rings. The summed E-state index contributed by atoms with van der Waals surface area (Å²) >= 11 is 0. The van der Waals surface area contributed by atoms with Crippen LogP contribution in [0.1, 0.15) is 32.3 Å². The fourth-order valence-corrected chi connectivity index (χ4v) is 5.24. The van der Waals surface area contributed by atoms with Gasteiger partial charge in [0.25, 0.3) is 0 Å². The van der Waals surface area contributed by atoms with E-state index in [-0.39, 0.29) is 17.3 Å². The first kappa shape index (κ1) is 25.0. The van der Waals surface area contributed by atoms with Crippen molar-refractivity contribution in [2.75, 3.05) is 39.2 Å². The molecule has 0 atom stereocenters. The number of hydrogen-bond donors (Lipinski definition) is 1. The summed E-state index contributed by atoms with van der Waals surface area (Å²) in [7, 11) is -0.275. The number of rotatable bonds is 12. The Morgan fingerprint density at radius 2 is 1.70 bits per heavy atom. The molecule has 9 heteroatoms. The maximum Gasteiger partial charge on any atom is 0.243 e. The third-order valence-corrected chi connectivity index (χ3v) is 7.82. The molecule has 0 bridgehead atoms. The van der Waals surface area contributed by atoms with E-state index in [1.165, 1.54) is 16.4 Å². The summed E-state index contributed by atoms with van der Waals surface area (Å²) in [6.45, 7) is 5.23. The first-order chi connectivity index (χ1) is 15.8. The van der Waals surface area contributed by atoms with Crippen LogP contribution < -0.4 is 14.8 Å². The van der Waals surface area contributed by atoms with Gasteiger partial charge in [0.1, 0.15) is 11.5 Å². The van der Waals surface area contributed by atoms with Gasteiger partial charge >= 0.3 is 0 Å². The van der Waals surface area contributed by atoms with Crippen molar-refractivity contribution in [3.05, 3.63) is 48.0 Å². The smallest absolute Gasteiger partial charge is 0.243 e. The number of ether oxygens (including phenoxy) is 2. The molecule has 1 saturated carbocycles. The largest absolute Gasteiger partial charge is 0.497 e. The molecule has 33 heavy (non-hydrogen) atoms. The van der Waals surface area contributed by atoms with Crippen LogP contribution in [0.3, 0.4) is 0 Å². The predicted octanol–water partition coefficient (Wildman–Crippen LogP) is 3.34. The van der Waals surface area contributed by atoms with Crippen LogP contribution in [-0.2, 0) is 21.4 Å². The highest BCUT2D eigenvalue weighted by Crippen LogP contribution is 2.32. The zero-order chi connectivity index (χ0) is 24.0. The molecule has 0 aromatic heterocycles. The molecular formula is C24H33N3O5S. The van der Waals surface area contributed by atoms with Gasteiger partial charge in [-0.15, -0.1) is 0 Å². The molecule has 1 amide bonds. The fraction of sp³-hybridized carbons (Fsp3) is 0.458. The molecule has 1 N–H and O–H groups in total. The van der Waals surface area contributed by atoms with Crippen LogP contribution in [0.5, 0.6) is 11.5 Å². The predicted molar refractivity (Wildman–Crippen MR) is 128 cm³/mol. The number of sulfonamides is 1. The highest BCUT2D eigenvalue weighted by Gasteiger charge is 2.31. The Morgan fingerprint density at radius 1 is 1.03 bits per heavy atom. The van der Waals surface area contributed by atoms with Gasteiger partial charge in [-0.05, 0) is 55.3 Å². The van der Waals surface area contributed by atoms with Gasteiger partial charge in [0.15, 0.2) is 0 Å². The first-order valence-electron chi connectivity index (χ1n) is 11.2. The van der Waals surface area contributed by atoms with Crippen LogP contribution in [0, 0.1) is 0 Å². The van der Waals surface area contributed by atoms with Crippen molar-refractivity contribution in [1.29, 1.82) is 0 Å². The van der Waals surface area contributed by atoms with Crippen LogP contribution in [0.15, 0.2) is 47.4 Å². The van der Waals surface area contributed by atoms with Gasteiger partial charge in [-0.25, -0.2) is 8.42 Å². The van der Waals surface area contributed by atoms with E-state index in [4.69, 9.17) is 9.47 Å². The Kier molecular flexibility index (Phi) is 8.34. The molecule has 3 rings (SSSR count). The lowest BCUT2D eigenvalue weighted by atomic mass is 10.1. The molecule has 2 aromatic carbocycles. The zero-order valence-electron chi connectivity index (χ0n) is 19.7. The summed E-state index contributed by atoms with van der Waals surface area (Å²) < 4.78 is 37.5. The molecule has 180 valence electrons. The zero-order valence-corrected chi connectivity index (χ0v) is 20.5. The average Bonchev–Trinajstić information content (AvgIpc) is 3.65. The van der Waals surface area contributed by atoms with E-state index in [2.05, 4.69) is 10.2 Å². The van der Waals surface area contributed by atoms with E-state index in [9.17, 15) is 13.2 Å². The molecule has 2 aromatic rings. The molecule has 0 heterocycles. The molecule has 1 aliphatic carbocycles. The third kappa shape index (κ3) is 6.25. The van der Waals surface area contributed by atoms with E-state index < -0.39 is 10.0 Å². The monoisotopic (exact) mass is 475 g/mol. The third-order valence-electron chi connectivity index (χ3n) is 5.75. The summed E-state index contributed by atoms with van der Waals surface area (Å²) in [6.07, 6.45) is 2.11. The molecule has 8 nitrogen and oxygen atoms in total. The van der Waals surface area contributed by atoms with Crippen LogP contribution in [0.25, 0.3) is 0 Å². The number of methoxy groups -OCH3 is 2. The number of anilines is 1. The van der Waals surface area contributed by atoms with Gasteiger partial charge in [0, 0.05) is 36.9 Å². The number of nitrogens with zero attached hydrogens (tertiary/aromatic N) is 2. The normalized spacial score (nSPS) is 13.9. The first-order valence-corrected chi connectivity index (χ1v) is 12.6. The summed E-state index contributed by atoms with van der Waals surface area (Å²) in [5, 5.41) is 2.88. The van der Waals surface area contributed by atoms with Gasteiger partial charge in [0.05, 0.1) is 25.7 Å². The van der Waals surface area contributed by atoms with Gasteiger partial charge < -0.3 is 14.8 Å². The maximum atomic E-state index is 12.8. The maximum absolute atomic E-state index is 12.8. The highest BCUT2D eigenvalue weighted by atomic mass is 32.2. The average molecular weight is 476 g/mol. The van der Waals surface area contributed by atoms with E-state index in [0.29, 0.717) is 31.4 Å². The summed E-state index contributed by atoms with van der Waals surface area (Å²) in [5.74, 6) is 1.35. The van der Waals surface area contributed by atoms with Gasteiger partial charge in [0.2, 0.25) is 15.9 Å². The Balaban J connectivity index is 1.67. The van der Waals surface area contributed by atoms with Gasteiger partial charge in [-0.2, -0.15) is 4.31 Å². The minimum Gasteiger partial charge on any atom is -0.497 e. The second kappa shape index (κ2) is 11.0. The molecule has 0 saturated heterocycles. The second-order valence-electron chi connectivity index (χ2n) is 7.98. The van der Waals surface area contributed by atoms with E-state index in [0.717, 1.165) is 29.9 Å². The number of carbonyl (C=O) groups is 1. The van der Waals surface area contributed by atoms with Crippen LogP contribution in [0.4, 0.5) is 5.69 Å². The Labute approximate surface area is 196 Å². The number of benzene rings is 2. The van der Waals surface area contributed by atoms with Crippen molar-refractivity contribution >= 4 is 21.6 Å². The molecule has 1 aliphatic rings. The molecule has 0 spiro atoms. The summed E-state index contributed by atoms with van der Waals surface area (Å²) in [5.41, 5.74) is 1.52. The minimum absolute atomic E-state index is 0.150. The van der Waals surface area contributed by atoms with E-state index in [1.807, 2.05) is 32.0 Å². The molecule has 0 radical (unpaired) electrons. The van der Waals surface area contributed by atoms with Crippen LogP contribution in [-0.4, -0.2) is 63.4 Å². The van der Waals surface area contributed by atoms with E-state index >= 15 is 0 Å². The number of nitrogens with one attached hydrogen (secondary N) is 1. The number of carbonyl (C=O) groups excluding carboxylic acids is 1. The van der Waals surface area contributed by atoms with E-state index in [1.54, 1.807) is 26.4 Å². The van der Waals surface area contributed by atoms with Gasteiger partial charge in [-0.3, -0.25) is 9.69 Å². The second-order valence-corrected chi connectivity index (χ2v) is 9.91. The quantitative estimate of drug-likeness (QED) is 0.507. The molecule has 0 aliphatic heterocycles. The highest BCUT2D eigenvalue weighted by molar-refractivity contribution is 7.89. The number of hydrogen-bond acceptors (Lipinski definition) is 6. The Hall–Kier alpha value is -2.62. The van der Waals surface area contributed by atoms with Crippen LogP contribution in [0.2, 0.25) is 0 Å². The SMILES string of the molecule is CCN(CC)S(=O)(=O)c1ccc(NC(=O)CN(Cc2cc(OC)ccc2OC)C2CC2)cc1. The standard InChI is InChI=1S/C24H33N3O5S/c1-5-27(6-2)33(29,30)22-12-7-19(8-13-22)25-24(28)17-26(20-9-10-20)16-18-15-21(31-3)11-14-23(18)32-4/h7-8,11-15,20H,5-6,9-10,16-17H2,1-4H3,(H,25,28). The molecular weight excluding hydrogens is 442 g/mol. The summed E-state index contributed by atoms with van der Waals surface area (Å²) in [4.78, 5) is 15.1. The van der Waals surface area contributed by atoms with Crippen molar-refractivity contribution in [2.24, 2.45) is 0 Å². The van der Waals surface area contributed by atoms with Crippen molar-refractivity contribution in [2.45, 2.75) is 44.2 Å². The topological polar surface area (TPSA) is 88.2 Å². The Morgan fingerprint density at radius 3 is 2.24 bits per heavy atom. The van der Waals surface area contributed by atoms with Crippen LogP contribution >= 0.6 is 0 Å². The Bertz CT molecular complexity index is 1050.